The Balaban J connectivity index is 1.40. The highest BCUT2D eigenvalue weighted by atomic mass is 16.5. The predicted octanol–water partition coefficient (Wildman–Crippen LogP) is 7.48. The van der Waals surface area contributed by atoms with Crippen molar-refractivity contribution < 1.29 is 14.0 Å². The summed E-state index contributed by atoms with van der Waals surface area (Å²) in [6.45, 7) is 15.8. The van der Waals surface area contributed by atoms with Crippen LogP contribution < -0.4 is 30.4 Å². The van der Waals surface area contributed by atoms with Crippen molar-refractivity contribution in [2.45, 2.75) is 59.3 Å². The average Bonchev–Trinajstić information content (AvgIpc) is 2.95. The maximum absolute atomic E-state index is 6.72. The van der Waals surface area contributed by atoms with Crippen LogP contribution in [0.25, 0.3) is 22.4 Å². The molecule has 3 heterocycles. The molecule has 7 rings (SSSR count). The number of aryl methyl sites for hydroxylation is 2. The van der Waals surface area contributed by atoms with Gasteiger partial charge in [0.2, 0.25) is 5.69 Å². The zero-order valence-electron chi connectivity index (χ0n) is 26.5. The fourth-order valence-electron chi connectivity index (χ4n) is 6.52. The van der Waals surface area contributed by atoms with Crippen LogP contribution in [0.3, 0.4) is 0 Å². The number of fused-ring (bicyclic) bond motifs is 4. The van der Waals surface area contributed by atoms with Gasteiger partial charge in [-0.1, -0.05) is 84.0 Å². The zero-order chi connectivity index (χ0) is 30.3. The molecule has 2 aliphatic rings. The molecule has 0 N–H and O–H groups in total. The Bertz CT molecular complexity index is 1840. The molecule has 0 bridgehead atoms. The van der Waals surface area contributed by atoms with Crippen molar-refractivity contribution >= 4 is 23.1 Å². The van der Waals surface area contributed by atoms with E-state index < -0.39 is 0 Å². The van der Waals surface area contributed by atoms with E-state index in [1.807, 2.05) is 0 Å². The molecular weight excluding hydrogens is 525 g/mol. The monoisotopic (exact) mass is 564 g/mol. The first-order valence-electron chi connectivity index (χ1n) is 15.3. The molecule has 0 aliphatic carbocycles. The fourth-order valence-corrected chi connectivity index (χ4v) is 6.52. The number of benzene rings is 4. The van der Waals surface area contributed by atoms with E-state index in [-0.39, 0.29) is 17.5 Å². The third-order valence-corrected chi connectivity index (χ3v) is 9.09. The van der Waals surface area contributed by atoms with Crippen LogP contribution >= 0.6 is 0 Å². The van der Waals surface area contributed by atoms with Crippen LogP contribution in [0.1, 0.15) is 58.2 Å². The number of nitrogens with zero attached hydrogens (tertiary/aromatic N) is 1. The summed E-state index contributed by atoms with van der Waals surface area (Å²) >= 11 is 0. The Morgan fingerprint density at radius 1 is 0.605 bits per heavy atom. The van der Waals surface area contributed by atoms with E-state index in [9.17, 15) is 0 Å². The minimum Gasteiger partial charge on any atom is -0.458 e. The lowest BCUT2D eigenvalue weighted by atomic mass is 9.34. The molecule has 0 saturated carbocycles. The van der Waals surface area contributed by atoms with Gasteiger partial charge in [-0.25, -0.2) is 4.57 Å². The molecule has 1 aromatic heterocycles. The number of ether oxygens (including phenoxy) is 2. The molecule has 3 nitrogen and oxygen atoms in total. The van der Waals surface area contributed by atoms with E-state index in [0.29, 0.717) is 0 Å². The van der Waals surface area contributed by atoms with Crippen molar-refractivity contribution in [2.75, 3.05) is 0 Å². The van der Waals surface area contributed by atoms with Crippen LogP contribution in [0.5, 0.6) is 23.0 Å². The van der Waals surface area contributed by atoms with Gasteiger partial charge < -0.3 is 9.47 Å². The molecule has 2 aliphatic heterocycles. The first-order valence-corrected chi connectivity index (χ1v) is 15.3. The number of pyridine rings is 1. The van der Waals surface area contributed by atoms with Gasteiger partial charge in [-0.15, -0.1) is 0 Å². The van der Waals surface area contributed by atoms with E-state index >= 15 is 0 Å². The van der Waals surface area contributed by atoms with Crippen molar-refractivity contribution in [3.8, 4) is 45.4 Å². The maximum atomic E-state index is 6.72. The molecule has 0 radical (unpaired) electrons. The van der Waals surface area contributed by atoms with Crippen LogP contribution in [0.2, 0.25) is 0 Å². The standard InChI is InChI=1S/C39H39BNO2/c1-24-11-9-10-12-29(24)32-16-13-25(23-41(32)8)26-19-35-37-36(20-26)43-34-18-15-28(39(5,6)7)22-31(34)40(37)30-21-27(38(2,3)4)14-17-33(30)42-35/h9-23H,1-8H3/q+1. The lowest BCUT2D eigenvalue weighted by Gasteiger charge is -2.35. The summed E-state index contributed by atoms with van der Waals surface area (Å²) in [5, 5.41) is 0. The number of aromatic nitrogens is 1. The second-order valence-corrected chi connectivity index (χ2v) is 14.3. The minimum absolute atomic E-state index is 0.0310. The van der Waals surface area contributed by atoms with Gasteiger partial charge in [-0.05, 0) is 87.3 Å². The van der Waals surface area contributed by atoms with Crippen molar-refractivity contribution in [2.24, 2.45) is 7.05 Å². The summed E-state index contributed by atoms with van der Waals surface area (Å²) in [7, 11) is 2.11. The van der Waals surface area contributed by atoms with Gasteiger partial charge >= 0.3 is 0 Å². The number of hydrogen-bond acceptors (Lipinski definition) is 2. The molecule has 4 aromatic carbocycles. The second kappa shape index (κ2) is 9.60. The summed E-state index contributed by atoms with van der Waals surface area (Å²) in [4.78, 5) is 0. The molecule has 4 heteroatoms. The van der Waals surface area contributed by atoms with Crippen LogP contribution in [0.4, 0.5) is 0 Å². The Labute approximate surface area is 256 Å². The summed E-state index contributed by atoms with van der Waals surface area (Å²) in [5.41, 5.74) is 12.1. The smallest absolute Gasteiger partial charge is 0.260 e. The Hall–Kier alpha value is -4.31. The molecule has 0 amide bonds. The van der Waals surface area contributed by atoms with Crippen molar-refractivity contribution in [3.05, 3.63) is 108 Å². The lowest BCUT2D eigenvalue weighted by Crippen LogP contribution is -2.57. The van der Waals surface area contributed by atoms with Gasteiger partial charge in [0.15, 0.2) is 6.20 Å². The van der Waals surface area contributed by atoms with E-state index in [0.717, 1.165) is 39.6 Å². The van der Waals surface area contributed by atoms with Gasteiger partial charge in [0.05, 0.1) is 0 Å². The molecule has 0 spiro atoms. The molecule has 0 atom stereocenters. The maximum Gasteiger partial charge on any atom is 0.260 e. The summed E-state index contributed by atoms with van der Waals surface area (Å²) in [6, 6.07) is 30.8. The Morgan fingerprint density at radius 2 is 1.16 bits per heavy atom. The number of rotatable bonds is 2. The summed E-state index contributed by atoms with van der Waals surface area (Å²) < 4.78 is 15.6. The first kappa shape index (κ1) is 27.5. The molecule has 43 heavy (non-hydrogen) atoms. The Kier molecular flexibility index (Phi) is 6.15. The highest BCUT2D eigenvalue weighted by molar-refractivity contribution is 6.98. The zero-order valence-corrected chi connectivity index (χ0v) is 26.5. The third kappa shape index (κ3) is 4.64. The lowest BCUT2D eigenvalue weighted by molar-refractivity contribution is -0.659. The summed E-state index contributed by atoms with van der Waals surface area (Å²) in [5.74, 6) is 3.57. The normalized spacial score (nSPS) is 13.4. The topological polar surface area (TPSA) is 22.3 Å². The van der Waals surface area contributed by atoms with Crippen molar-refractivity contribution in [1.82, 2.24) is 0 Å². The second-order valence-electron chi connectivity index (χ2n) is 14.3. The molecular formula is C39H39BNO2+. The van der Waals surface area contributed by atoms with Crippen molar-refractivity contribution in [1.29, 1.82) is 0 Å². The average molecular weight is 565 g/mol. The molecule has 5 aromatic rings. The largest absolute Gasteiger partial charge is 0.458 e. The number of hydrogen-bond donors (Lipinski definition) is 0. The van der Waals surface area contributed by atoms with Crippen LogP contribution in [0, 0.1) is 6.92 Å². The molecule has 214 valence electrons. The predicted molar refractivity (Wildman–Crippen MR) is 178 cm³/mol. The van der Waals surface area contributed by atoms with Gasteiger partial charge in [0, 0.05) is 22.7 Å². The highest BCUT2D eigenvalue weighted by Gasteiger charge is 2.41. The quantitative estimate of drug-likeness (QED) is 0.161. The molecule has 0 saturated heterocycles. The minimum atomic E-state index is 0.0310. The third-order valence-electron chi connectivity index (χ3n) is 9.09. The van der Waals surface area contributed by atoms with E-state index in [4.69, 9.17) is 9.47 Å². The Morgan fingerprint density at radius 3 is 1.67 bits per heavy atom. The molecule has 0 unspecified atom stereocenters. The van der Waals surface area contributed by atoms with E-state index in [1.54, 1.807) is 0 Å². The van der Waals surface area contributed by atoms with Crippen LogP contribution in [-0.2, 0) is 17.9 Å². The van der Waals surface area contributed by atoms with Gasteiger partial charge in [0.1, 0.15) is 30.0 Å². The van der Waals surface area contributed by atoms with Gasteiger partial charge in [-0.3, -0.25) is 0 Å². The highest BCUT2D eigenvalue weighted by Crippen LogP contribution is 2.39. The van der Waals surface area contributed by atoms with E-state index in [2.05, 4.69) is 151 Å². The van der Waals surface area contributed by atoms with Gasteiger partial charge in [0.25, 0.3) is 6.71 Å². The van der Waals surface area contributed by atoms with Gasteiger partial charge in [-0.2, -0.15) is 0 Å². The first-order chi connectivity index (χ1) is 20.4. The van der Waals surface area contributed by atoms with Crippen LogP contribution in [-0.4, -0.2) is 6.71 Å². The summed E-state index contributed by atoms with van der Waals surface area (Å²) in [6.07, 6.45) is 2.20. The van der Waals surface area contributed by atoms with Crippen LogP contribution in [0.15, 0.2) is 91.1 Å². The van der Waals surface area contributed by atoms with E-state index in [1.165, 1.54) is 38.9 Å². The molecule has 0 fully saturated rings. The van der Waals surface area contributed by atoms with Crippen molar-refractivity contribution in [3.63, 3.8) is 0 Å². The fraction of sp³-hybridized carbons (Fsp3) is 0.256. The SMILES string of the molecule is Cc1ccccc1-c1ccc(-c2cc3c4c(c2)Oc2ccc(C(C)(C)C)cc2B4c2cc(C(C)(C)C)ccc2O3)c[n+]1C.